The third-order valence-electron chi connectivity index (χ3n) is 1.88. The normalized spacial score (nSPS) is 11.4. The minimum absolute atomic E-state index is 0.0266. The molecule has 7 heteroatoms. The van der Waals surface area contributed by atoms with Crippen molar-refractivity contribution in [3.8, 4) is 0 Å². The lowest BCUT2D eigenvalue weighted by molar-refractivity contribution is 0.0522. The third-order valence-corrected chi connectivity index (χ3v) is 4.55. The zero-order valence-electron chi connectivity index (χ0n) is 8.82. The predicted molar refractivity (Wildman–Crippen MR) is 62.7 cm³/mol. The van der Waals surface area contributed by atoms with Crippen molar-refractivity contribution in [1.29, 1.82) is 0 Å². The van der Waals surface area contributed by atoms with Crippen LogP contribution in [0, 0.1) is 0 Å². The molecule has 0 aliphatic rings. The molecule has 1 rings (SSSR count). The van der Waals surface area contributed by atoms with Gasteiger partial charge in [-0.15, -0.1) is 11.3 Å². The molecular formula is C9H11ClO4S2. The predicted octanol–water partition coefficient (Wildman–Crippen LogP) is 2.41. The lowest BCUT2D eigenvalue weighted by atomic mass is 10.3. The molecule has 0 amide bonds. The molecule has 0 radical (unpaired) electrons. The summed E-state index contributed by atoms with van der Waals surface area (Å²) >= 11 is 1.19. The first-order valence-corrected chi connectivity index (χ1v) is 7.82. The summed E-state index contributed by atoms with van der Waals surface area (Å²) in [5, 5.41) is 1.46. The van der Waals surface area contributed by atoms with Gasteiger partial charge in [-0.3, -0.25) is 0 Å². The van der Waals surface area contributed by atoms with Gasteiger partial charge in [-0.05, 0) is 13.3 Å². The van der Waals surface area contributed by atoms with Crippen molar-refractivity contribution >= 4 is 37.0 Å². The van der Waals surface area contributed by atoms with Crippen LogP contribution in [0.1, 0.15) is 29.1 Å². The van der Waals surface area contributed by atoms with Gasteiger partial charge in [-0.1, -0.05) is 6.92 Å². The number of halogens is 1. The Morgan fingerprint density at radius 2 is 2.12 bits per heavy atom. The van der Waals surface area contributed by atoms with Crippen LogP contribution in [0.15, 0.2) is 10.3 Å². The van der Waals surface area contributed by atoms with E-state index in [2.05, 4.69) is 0 Å². The molecule has 0 aliphatic heterocycles. The molecule has 1 aromatic rings. The number of ether oxygens (including phenoxy) is 1. The molecule has 1 heterocycles. The van der Waals surface area contributed by atoms with Crippen molar-refractivity contribution in [1.82, 2.24) is 0 Å². The Bertz CT molecular complexity index is 490. The summed E-state index contributed by atoms with van der Waals surface area (Å²) in [5.41, 5.74) is 0.0266. The standard InChI is InChI=1S/C9H11ClO4S2/c1-3-7-8(16(10,12)13)6(5-15-7)9(11)14-4-2/h5H,3-4H2,1-2H3. The van der Waals surface area contributed by atoms with Gasteiger partial charge in [0, 0.05) is 20.9 Å². The molecule has 0 saturated heterocycles. The SMILES string of the molecule is CCOC(=O)c1csc(CC)c1S(=O)(=O)Cl. The summed E-state index contributed by atoms with van der Waals surface area (Å²) in [7, 11) is 1.39. The molecule has 1 aromatic heterocycles. The maximum atomic E-state index is 11.5. The van der Waals surface area contributed by atoms with Gasteiger partial charge in [-0.25, -0.2) is 13.2 Å². The van der Waals surface area contributed by atoms with Crippen LogP contribution in [-0.4, -0.2) is 21.0 Å². The van der Waals surface area contributed by atoms with E-state index >= 15 is 0 Å². The molecule has 0 aromatic carbocycles. The van der Waals surface area contributed by atoms with E-state index in [4.69, 9.17) is 15.4 Å². The highest BCUT2D eigenvalue weighted by Gasteiger charge is 2.26. The van der Waals surface area contributed by atoms with Crippen molar-refractivity contribution in [2.75, 3.05) is 6.61 Å². The Morgan fingerprint density at radius 3 is 2.56 bits per heavy atom. The molecule has 0 saturated carbocycles. The maximum absolute atomic E-state index is 11.5. The fraction of sp³-hybridized carbons (Fsp3) is 0.444. The van der Waals surface area contributed by atoms with Crippen LogP contribution in [0.25, 0.3) is 0 Å². The maximum Gasteiger partial charge on any atom is 0.340 e. The Labute approximate surface area is 103 Å². The molecule has 0 unspecified atom stereocenters. The lowest BCUT2D eigenvalue weighted by Gasteiger charge is -2.02. The van der Waals surface area contributed by atoms with E-state index in [9.17, 15) is 13.2 Å². The average Bonchev–Trinajstić information content (AvgIpc) is 2.60. The first-order valence-electron chi connectivity index (χ1n) is 4.63. The molecule has 4 nitrogen and oxygen atoms in total. The topological polar surface area (TPSA) is 60.4 Å². The van der Waals surface area contributed by atoms with E-state index in [-0.39, 0.29) is 17.1 Å². The summed E-state index contributed by atoms with van der Waals surface area (Å²) in [4.78, 5) is 12.0. The van der Waals surface area contributed by atoms with Crippen LogP contribution in [-0.2, 0) is 20.2 Å². The van der Waals surface area contributed by atoms with E-state index in [1.807, 2.05) is 0 Å². The number of carbonyl (C=O) groups excluding carboxylic acids is 1. The van der Waals surface area contributed by atoms with Crippen molar-refractivity contribution in [3.63, 3.8) is 0 Å². The van der Waals surface area contributed by atoms with Gasteiger partial charge in [0.1, 0.15) is 4.90 Å². The van der Waals surface area contributed by atoms with Gasteiger partial charge in [0.25, 0.3) is 9.05 Å². The smallest absolute Gasteiger partial charge is 0.340 e. The van der Waals surface area contributed by atoms with E-state index in [0.717, 1.165) is 0 Å². The quantitative estimate of drug-likeness (QED) is 0.628. The highest BCUT2D eigenvalue weighted by atomic mass is 35.7. The summed E-state index contributed by atoms with van der Waals surface area (Å²) in [6.07, 6.45) is 0.505. The van der Waals surface area contributed by atoms with Crippen molar-refractivity contribution in [2.45, 2.75) is 25.2 Å². The Balaban J connectivity index is 3.31. The first kappa shape index (κ1) is 13.5. The third kappa shape index (κ3) is 2.75. The first-order chi connectivity index (χ1) is 7.41. The van der Waals surface area contributed by atoms with E-state index in [1.165, 1.54) is 16.7 Å². The van der Waals surface area contributed by atoms with Gasteiger partial charge in [-0.2, -0.15) is 0 Å². The highest BCUT2D eigenvalue weighted by Crippen LogP contribution is 2.31. The Hall–Kier alpha value is -0.590. The van der Waals surface area contributed by atoms with Gasteiger partial charge in [0.2, 0.25) is 0 Å². The minimum Gasteiger partial charge on any atom is -0.462 e. The molecule has 0 bridgehead atoms. The molecule has 0 atom stereocenters. The van der Waals surface area contributed by atoms with Crippen LogP contribution in [0.3, 0.4) is 0 Å². The molecule has 0 spiro atoms. The Kier molecular flexibility index (Phi) is 4.35. The van der Waals surface area contributed by atoms with Gasteiger partial charge >= 0.3 is 5.97 Å². The number of carbonyl (C=O) groups is 1. The Morgan fingerprint density at radius 1 is 1.50 bits per heavy atom. The highest BCUT2D eigenvalue weighted by molar-refractivity contribution is 8.14. The van der Waals surface area contributed by atoms with E-state index < -0.39 is 15.0 Å². The summed E-state index contributed by atoms with van der Waals surface area (Å²) in [6, 6.07) is 0. The zero-order chi connectivity index (χ0) is 12.3. The zero-order valence-corrected chi connectivity index (χ0v) is 11.2. The molecule has 0 N–H and O–H groups in total. The van der Waals surface area contributed by atoms with Crippen molar-refractivity contribution in [3.05, 3.63) is 15.8 Å². The fourth-order valence-electron chi connectivity index (χ4n) is 1.25. The molecular weight excluding hydrogens is 272 g/mol. The van der Waals surface area contributed by atoms with Gasteiger partial charge < -0.3 is 4.74 Å². The van der Waals surface area contributed by atoms with Gasteiger partial charge in [0.05, 0.1) is 12.2 Å². The monoisotopic (exact) mass is 282 g/mol. The molecule has 90 valence electrons. The van der Waals surface area contributed by atoms with Crippen LogP contribution in [0.5, 0.6) is 0 Å². The largest absolute Gasteiger partial charge is 0.462 e. The average molecular weight is 283 g/mol. The number of thiophene rings is 1. The summed E-state index contributed by atoms with van der Waals surface area (Å²) < 4.78 is 27.5. The second kappa shape index (κ2) is 5.16. The van der Waals surface area contributed by atoms with Crippen molar-refractivity contribution in [2.24, 2.45) is 0 Å². The molecule has 0 fully saturated rings. The van der Waals surface area contributed by atoms with Crippen molar-refractivity contribution < 1.29 is 17.9 Å². The number of rotatable bonds is 4. The summed E-state index contributed by atoms with van der Waals surface area (Å²) in [6.45, 7) is 3.64. The van der Waals surface area contributed by atoms with Crippen LogP contribution >= 0.6 is 22.0 Å². The number of hydrogen-bond donors (Lipinski definition) is 0. The van der Waals surface area contributed by atoms with E-state index in [1.54, 1.807) is 13.8 Å². The second-order valence-corrected chi connectivity index (χ2v) is 6.38. The van der Waals surface area contributed by atoms with Crippen LogP contribution in [0.2, 0.25) is 0 Å². The number of esters is 1. The second-order valence-electron chi connectivity index (χ2n) is 2.91. The van der Waals surface area contributed by atoms with E-state index in [0.29, 0.717) is 11.3 Å². The van der Waals surface area contributed by atoms with Crippen LogP contribution in [0.4, 0.5) is 0 Å². The lowest BCUT2D eigenvalue weighted by Crippen LogP contribution is -2.08. The number of hydrogen-bond acceptors (Lipinski definition) is 5. The minimum atomic E-state index is -3.91. The molecule has 16 heavy (non-hydrogen) atoms. The molecule has 0 aliphatic carbocycles. The fourth-order valence-corrected chi connectivity index (χ4v) is 4.14. The number of aryl methyl sites for hydroxylation is 1. The summed E-state index contributed by atoms with van der Waals surface area (Å²) in [5.74, 6) is -0.655. The van der Waals surface area contributed by atoms with Gasteiger partial charge in [0.15, 0.2) is 0 Å². The van der Waals surface area contributed by atoms with Crippen LogP contribution < -0.4 is 0 Å².